The first-order valence-electron chi connectivity index (χ1n) is 11.2. The number of imidazole rings is 1. The second-order valence-corrected chi connectivity index (χ2v) is 8.08. The number of hydrogen-bond acceptors (Lipinski definition) is 4. The van der Waals surface area contributed by atoms with Crippen LogP contribution in [0.15, 0.2) is 91.0 Å². The summed E-state index contributed by atoms with van der Waals surface area (Å²) in [5.74, 6) is 0.878. The van der Waals surface area contributed by atoms with E-state index in [1.54, 1.807) is 0 Å². The summed E-state index contributed by atoms with van der Waals surface area (Å²) in [6.07, 6.45) is 0. The summed E-state index contributed by atoms with van der Waals surface area (Å²) < 4.78 is 7.65. The Morgan fingerprint density at radius 2 is 1.52 bits per heavy atom. The van der Waals surface area contributed by atoms with Gasteiger partial charge in [0.05, 0.1) is 18.9 Å². The van der Waals surface area contributed by atoms with Crippen LogP contribution in [0.5, 0.6) is 0 Å². The summed E-state index contributed by atoms with van der Waals surface area (Å²) in [6, 6.07) is 34.0. The Morgan fingerprint density at radius 1 is 0.727 bits per heavy atom. The van der Waals surface area contributed by atoms with E-state index in [-0.39, 0.29) is 0 Å². The highest BCUT2D eigenvalue weighted by Crippen LogP contribution is 2.30. The van der Waals surface area contributed by atoms with E-state index >= 15 is 0 Å². The molecule has 0 atom stereocenters. The van der Waals surface area contributed by atoms with Gasteiger partial charge in [-0.1, -0.05) is 54.6 Å². The molecule has 33 heavy (non-hydrogen) atoms. The highest BCUT2D eigenvalue weighted by Gasteiger charge is 2.17. The van der Waals surface area contributed by atoms with Gasteiger partial charge in [0.2, 0.25) is 0 Å². The predicted molar refractivity (Wildman–Crippen MR) is 132 cm³/mol. The number of hydrogen-bond donors (Lipinski definition) is 0. The molecule has 1 radical (unpaired) electrons. The Bertz CT molecular complexity index is 1390. The molecule has 0 bridgehead atoms. The van der Waals surface area contributed by atoms with Gasteiger partial charge in [-0.25, -0.2) is 9.97 Å². The van der Waals surface area contributed by atoms with Gasteiger partial charge in [-0.3, -0.25) is 4.57 Å². The highest BCUT2D eigenvalue weighted by molar-refractivity contribution is 5.83. The molecule has 0 spiro atoms. The third-order valence-corrected chi connectivity index (χ3v) is 6.01. The Hall–Kier alpha value is -3.96. The Balaban J connectivity index is 1.50. The number of rotatable bonds is 4. The molecule has 0 unspecified atom stereocenters. The van der Waals surface area contributed by atoms with Crippen molar-refractivity contribution in [3.05, 3.63) is 97.1 Å². The third kappa shape index (κ3) is 3.77. The molecule has 1 aliphatic heterocycles. The molecule has 3 heterocycles. The highest BCUT2D eigenvalue weighted by atomic mass is 16.5. The summed E-state index contributed by atoms with van der Waals surface area (Å²) >= 11 is 0. The summed E-state index contributed by atoms with van der Waals surface area (Å²) in [5, 5.41) is 0. The Labute approximate surface area is 192 Å². The summed E-state index contributed by atoms with van der Waals surface area (Å²) in [4.78, 5) is 12.4. The van der Waals surface area contributed by atoms with Gasteiger partial charge >= 0.3 is 0 Å². The normalized spacial score (nSPS) is 14.0. The van der Waals surface area contributed by atoms with Crippen molar-refractivity contribution in [1.82, 2.24) is 14.5 Å². The molecular formula is C28H23N4O. The number of fused-ring (bicyclic) bond motifs is 1. The predicted octanol–water partition coefficient (Wildman–Crippen LogP) is 5.39. The SMILES string of the molecule is [c]1ccc(-n2c(-c3ccccc3)nc3ccc(-c4cccc(N5CCOCC5)c4)nc32)cc1. The van der Waals surface area contributed by atoms with Crippen molar-refractivity contribution < 1.29 is 4.74 Å². The van der Waals surface area contributed by atoms with Gasteiger partial charge in [-0.15, -0.1) is 0 Å². The molecule has 2 aromatic heterocycles. The number of benzene rings is 3. The lowest BCUT2D eigenvalue weighted by Gasteiger charge is -2.29. The monoisotopic (exact) mass is 431 g/mol. The van der Waals surface area contributed by atoms with Gasteiger partial charge in [-0.05, 0) is 42.5 Å². The minimum Gasteiger partial charge on any atom is -0.378 e. The van der Waals surface area contributed by atoms with E-state index in [2.05, 4.69) is 64.1 Å². The zero-order valence-electron chi connectivity index (χ0n) is 18.2. The fourth-order valence-electron chi connectivity index (χ4n) is 4.35. The number of ether oxygens (including phenoxy) is 1. The van der Waals surface area contributed by atoms with Gasteiger partial charge in [0, 0.05) is 35.6 Å². The zero-order chi connectivity index (χ0) is 22.0. The fraction of sp³-hybridized carbons (Fsp3) is 0.143. The molecular weight excluding hydrogens is 408 g/mol. The van der Waals surface area contributed by atoms with Crippen LogP contribution in [0.4, 0.5) is 5.69 Å². The Morgan fingerprint density at radius 3 is 2.33 bits per heavy atom. The van der Waals surface area contributed by atoms with Gasteiger partial charge in [0.15, 0.2) is 5.65 Å². The van der Waals surface area contributed by atoms with Gasteiger partial charge in [0.1, 0.15) is 11.3 Å². The van der Waals surface area contributed by atoms with E-state index in [1.165, 1.54) is 5.69 Å². The van der Waals surface area contributed by atoms with Crippen LogP contribution in [-0.2, 0) is 4.74 Å². The van der Waals surface area contributed by atoms with Crippen molar-refractivity contribution >= 4 is 16.9 Å². The molecule has 3 aromatic carbocycles. The van der Waals surface area contributed by atoms with E-state index < -0.39 is 0 Å². The third-order valence-electron chi connectivity index (χ3n) is 6.01. The van der Waals surface area contributed by atoms with Crippen LogP contribution in [0, 0.1) is 6.07 Å². The number of aromatic nitrogens is 3. The first-order chi connectivity index (χ1) is 16.4. The summed E-state index contributed by atoms with van der Waals surface area (Å²) in [5.41, 5.74) is 7.01. The molecule has 1 saturated heterocycles. The molecule has 161 valence electrons. The molecule has 5 aromatic rings. The van der Waals surface area contributed by atoms with Crippen molar-refractivity contribution in [1.29, 1.82) is 0 Å². The standard InChI is InChI=1S/C28H23N4O/c1-3-8-21(9-4-1)27-30-26-15-14-25(29-28(26)32(27)23-11-5-2-6-12-23)22-10-7-13-24(20-22)31-16-18-33-19-17-31/h1,3-15,20H,16-19H2. The zero-order valence-corrected chi connectivity index (χ0v) is 18.2. The van der Waals surface area contributed by atoms with Crippen molar-refractivity contribution in [2.24, 2.45) is 0 Å². The van der Waals surface area contributed by atoms with Crippen molar-refractivity contribution in [3.8, 4) is 28.3 Å². The molecule has 0 saturated carbocycles. The average molecular weight is 432 g/mol. The second-order valence-electron chi connectivity index (χ2n) is 8.08. The first kappa shape index (κ1) is 19.7. The Kier molecular flexibility index (Phi) is 5.09. The largest absolute Gasteiger partial charge is 0.378 e. The van der Waals surface area contributed by atoms with Crippen LogP contribution in [-0.4, -0.2) is 40.8 Å². The molecule has 5 heteroatoms. The second kappa shape index (κ2) is 8.52. The average Bonchev–Trinajstić information content (AvgIpc) is 3.29. The van der Waals surface area contributed by atoms with Crippen LogP contribution < -0.4 is 4.90 Å². The maximum atomic E-state index is 5.51. The van der Waals surface area contributed by atoms with Crippen LogP contribution in [0.2, 0.25) is 0 Å². The van der Waals surface area contributed by atoms with Crippen LogP contribution in [0.1, 0.15) is 0 Å². The quantitative estimate of drug-likeness (QED) is 0.383. The minimum atomic E-state index is 0.768. The van der Waals surface area contributed by atoms with Crippen molar-refractivity contribution in [2.75, 3.05) is 31.2 Å². The smallest absolute Gasteiger partial charge is 0.165 e. The number of anilines is 1. The molecule has 0 aliphatic carbocycles. The van der Waals surface area contributed by atoms with E-state index in [4.69, 9.17) is 14.7 Å². The molecule has 0 amide bonds. The van der Waals surface area contributed by atoms with Gasteiger partial charge < -0.3 is 9.64 Å². The van der Waals surface area contributed by atoms with E-state index in [1.807, 2.05) is 42.5 Å². The molecule has 5 nitrogen and oxygen atoms in total. The van der Waals surface area contributed by atoms with Crippen molar-refractivity contribution in [3.63, 3.8) is 0 Å². The lowest BCUT2D eigenvalue weighted by Crippen LogP contribution is -2.36. The van der Waals surface area contributed by atoms with Crippen molar-refractivity contribution in [2.45, 2.75) is 0 Å². The van der Waals surface area contributed by atoms with E-state index in [9.17, 15) is 0 Å². The number of pyridine rings is 1. The molecule has 0 N–H and O–H groups in total. The van der Waals surface area contributed by atoms with Crippen LogP contribution in [0.25, 0.3) is 39.5 Å². The van der Waals surface area contributed by atoms with Gasteiger partial charge in [0.25, 0.3) is 0 Å². The number of morpholine rings is 1. The molecule has 6 rings (SSSR count). The molecule has 1 aliphatic rings. The summed E-state index contributed by atoms with van der Waals surface area (Å²) in [6.45, 7) is 3.36. The fourth-order valence-corrected chi connectivity index (χ4v) is 4.35. The lowest BCUT2D eigenvalue weighted by molar-refractivity contribution is 0.122. The maximum Gasteiger partial charge on any atom is 0.165 e. The number of nitrogens with zero attached hydrogens (tertiary/aromatic N) is 4. The van der Waals surface area contributed by atoms with Crippen LogP contribution in [0.3, 0.4) is 0 Å². The van der Waals surface area contributed by atoms with Crippen LogP contribution >= 0.6 is 0 Å². The molecule has 1 fully saturated rings. The lowest BCUT2D eigenvalue weighted by atomic mass is 10.1. The van der Waals surface area contributed by atoms with Gasteiger partial charge in [-0.2, -0.15) is 0 Å². The maximum absolute atomic E-state index is 5.51. The summed E-state index contributed by atoms with van der Waals surface area (Å²) in [7, 11) is 0. The minimum absolute atomic E-state index is 0.768. The van der Waals surface area contributed by atoms with E-state index in [0.29, 0.717) is 0 Å². The van der Waals surface area contributed by atoms with E-state index in [0.717, 1.165) is 65.8 Å². The first-order valence-corrected chi connectivity index (χ1v) is 11.2. The topological polar surface area (TPSA) is 43.2 Å².